The fourth-order valence-electron chi connectivity index (χ4n) is 1.60. The fourth-order valence-corrected chi connectivity index (χ4v) is 1.60. The van der Waals surface area contributed by atoms with E-state index in [4.69, 9.17) is 4.74 Å². The van der Waals surface area contributed by atoms with Crippen LogP contribution in [0.4, 0.5) is 0 Å². The van der Waals surface area contributed by atoms with Gasteiger partial charge in [-0.3, -0.25) is 0 Å². The Labute approximate surface area is 83.3 Å². The van der Waals surface area contributed by atoms with Gasteiger partial charge in [0.25, 0.3) is 0 Å². The predicted octanol–water partition coefficient (Wildman–Crippen LogP) is 2.47. The Morgan fingerprint density at radius 1 is 1.36 bits per heavy atom. The number of nitrogens with zero attached hydrogens (tertiary/aromatic N) is 2. The Morgan fingerprint density at radius 2 is 2.14 bits per heavy atom. The normalized spacial score (nSPS) is 11.1. The first kappa shape index (κ1) is 9.06. The molecule has 2 rings (SSSR count). The van der Waals surface area contributed by atoms with Crippen molar-refractivity contribution in [1.82, 2.24) is 9.61 Å². The molecule has 0 unspecified atom stereocenters. The van der Waals surface area contributed by atoms with Crippen LogP contribution >= 0.6 is 0 Å². The Kier molecular flexibility index (Phi) is 2.15. The average molecular weight is 190 g/mol. The van der Waals surface area contributed by atoms with Gasteiger partial charge in [-0.25, -0.2) is 4.52 Å². The summed E-state index contributed by atoms with van der Waals surface area (Å²) in [7, 11) is 1.67. The topological polar surface area (TPSA) is 26.5 Å². The summed E-state index contributed by atoms with van der Waals surface area (Å²) in [6.07, 6.45) is 1.75. The molecule has 0 amide bonds. The highest BCUT2D eigenvalue weighted by Crippen LogP contribution is 2.22. The van der Waals surface area contributed by atoms with Crippen LogP contribution < -0.4 is 4.74 Å². The van der Waals surface area contributed by atoms with Crippen LogP contribution in [0.3, 0.4) is 0 Å². The molecule has 2 aromatic rings. The number of aromatic nitrogens is 2. The molecule has 0 fully saturated rings. The van der Waals surface area contributed by atoms with Crippen molar-refractivity contribution >= 4 is 5.52 Å². The van der Waals surface area contributed by atoms with Gasteiger partial charge in [0.1, 0.15) is 5.52 Å². The third kappa shape index (κ3) is 1.25. The van der Waals surface area contributed by atoms with E-state index in [2.05, 4.69) is 25.0 Å². The second-order valence-electron chi connectivity index (χ2n) is 3.62. The molecule has 0 aliphatic carbocycles. The highest BCUT2D eigenvalue weighted by atomic mass is 16.5. The molecule has 0 N–H and O–H groups in total. The maximum atomic E-state index is 5.22. The second kappa shape index (κ2) is 3.33. The monoisotopic (exact) mass is 190 g/mol. The molecule has 0 bridgehead atoms. The van der Waals surface area contributed by atoms with Crippen molar-refractivity contribution in [2.75, 3.05) is 7.11 Å². The number of rotatable bonds is 2. The molecule has 0 saturated carbocycles. The third-order valence-corrected chi connectivity index (χ3v) is 2.35. The van der Waals surface area contributed by atoms with Crippen molar-refractivity contribution in [3.05, 3.63) is 30.1 Å². The van der Waals surface area contributed by atoms with E-state index < -0.39 is 0 Å². The lowest BCUT2D eigenvalue weighted by molar-refractivity contribution is 0.419. The lowest BCUT2D eigenvalue weighted by Crippen LogP contribution is -1.99. The first-order chi connectivity index (χ1) is 6.74. The summed E-state index contributed by atoms with van der Waals surface area (Å²) in [4.78, 5) is 0. The lowest BCUT2D eigenvalue weighted by atomic mass is 10.1. The second-order valence-corrected chi connectivity index (χ2v) is 3.62. The fraction of sp³-hybridized carbons (Fsp3) is 0.364. The summed E-state index contributed by atoms with van der Waals surface area (Å²) >= 11 is 0. The van der Waals surface area contributed by atoms with Crippen molar-refractivity contribution in [3.8, 4) is 5.75 Å². The van der Waals surface area contributed by atoms with Crippen molar-refractivity contribution < 1.29 is 4.74 Å². The molecule has 0 aliphatic rings. The molecular formula is C11H14N2O. The minimum absolute atomic E-state index is 0.461. The molecule has 0 radical (unpaired) electrons. The van der Waals surface area contributed by atoms with Crippen molar-refractivity contribution in [2.45, 2.75) is 19.8 Å². The van der Waals surface area contributed by atoms with E-state index in [9.17, 15) is 0 Å². The van der Waals surface area contributed by atoms with Crippen LogP contribution in [0.15, 0.2) is 24.4 Å². The van der Waals surface area contributed by atoms with Gasteiger partial charge in [0.2, 0.25) is 0 Å². The third-order valence-electron chi connectivity index (χ3n) is 2.35. The SMILES string of the molecule is COc1cnn2c(C(C)C)cccc12. The summed E-state index contributed by atoms with van der Waals surface area (Å²) in [6.45, 7) is 4.31. The maximum absolute atomic E-state index is 5.22. The van der Waals surface area contributed by atoms with E-state index in [1.807, 2.05) is 16.6 Å². The molecule has 0 spiro atoms. The van der Waals surface area contributed by atoms with Gasteiger partial charge < -0.3 is 4.74 Å². The van der Waals surface area contributed by atoms with E-state index in [1.165, 1.54) is 5.69 Å². The van der Waals surface area contributed by atoms with Gasteiger partial charge in [0, 0.05) is 5.69 Å². The number of hydrogen-bond acceptors (Lipinski definition) is 2. The summed E-state index contributed by atoms with van der Waals surface area (Å²) < 4.78 is 7.15. The summed E-state index contributed by atoms with van der Waals surface area (Å²) in [5.74, 6) is 1.29. The van der Waals surface area contributed by atoms with Gasteiger partial charge in [-0.15, -0.1) is 0 Å². The van der Waals surface area contributed by atoms with E-state index in [0.717, 1.165) is 11.3 Å². The number of hydrogen-bond donors (Lipinski definition) is 0. The van der Waals surface area contributed by atoms with Crippen LogP contribution in [0.2, 0.25) is 0 Å². The maximum Gasteiger partial charge on any atom is 0.164 e. The average Bonchev–Trinajstić information content (AvgIpc) is 2.59. The Bertz CT molecular complexity index is 445. The number of pyridine rings is 1. The number of fused-ring (bicyclic) bond motifs is 1. The first-order valence-corrected chi connectivity index (χ1v) is 4.74. The summed E-state index contributed by atoms with van der Waals surface area (Å²) in [6, 6.07) is 6.14. The van der Waals surface area contributed by atoms with Crippen LogP contribution in [-0.2, 0) is 0 Å². The van der Waals surface area contributed by atoms with E-state index in [1.54, 1.807) is 13.3 Å². The van der Waals surface area contributed by atoms with Gasteiger partial charge >= 0.3 is 0 Å². The molecule has 0 saturated heterocycles. The molecule has 0 aromatic carbocycles. The Morgan fingerprint density at radius 3 is 2.79 bits per heavy atom. The van der Waals surface area contributed by atoms with Crippen molar-refractivity contribution in [3.63, 3.8) is 0 Å². The van der Waals surface area contributed by atoms with Crippen LogP contribution in [0.5, 0.6) is 5.75 Å². The quantitative estimate of drug-likeness (QED) is 0.727. The number of ether oxygens (including phenoxy) is 1. The van der Waals surface area contributed by atoms with Gasteiger partial charge in [0.05, 0.1) is 13.3 Å². The Balaban J connectivity index is 2.70. The van der Waals surface area contributed by atoms with Crippen LogP contribution in [0.25, 0.3) is 5.52 Å². The zero-order chi connectivity index (χ0) is 10.1. The zero-order valence-corrected chi connectivity index (χ0v) is 8.69. The smallest absolute Gasteiger partial charge is 0.164 e. The molecule has 3 nitrogen and oxygen atoms in total. The van der Waals surface area contributed by atoms with Crippen LogP contribution in [-0.4, -0.2) is 16.7 Å². The molecule has 3 heteroatoms. The molecule has 0 aliphatic heterocycles. The summed E-state index contributed by atoms with van der Waals surface area (Å²) in [5.41, 5.74) is 2.23. The zero-order valence-electron chi connectivity index (χ0n) is 8.69. The van der Waals surface area contributed by atoms with Crippen LogP contribution in [0, 0.1) is 0 Å². The molecule has 2 aromatic heterocycles. The lowest BCUT2D eigenvalue weighted by Gasteiger charge is -2.07. The van der Waals surface area contributed by atoms with Crippen molar-refractivity contribution in [2.24, 2.45) is 0 Å². The van der Waals surface area contributed by atoms with Gasteiger partial charge in [-0.2, -0.15) is 5.10 Å². The predicted molar refractivity (Wildman–Crippen MR) is 55.8 cm³/mol. The van der Waals surface area contributed by atoms with Gasteiger partial charge in [-0.05, 0) is 18.1 Å². The van der Waals surface area contributed by atoms with Gasteiger partial charge in [0.15, 0.2) is 5.75 Å². The van der Waals surface area contributed by atoms with Crippen LogP contribution in [0.1, 0.15) is 25.5 Å². The van der Waals surface area contributed by atoms with E-state index >= 15 is 0 Å². The molecular weight excluding hydrogens is 176 g/mol. The van der Waals surface area contributed by atoms with Gasteiger partial charge in [-0.1, -0.05) is 19.9 Å². The molecule has 74 valence electrons. The highest BCUT2D eigenvalue weighted by Gasteiger charge is 2.08. The van der Waals surface area contributed by atoms with E-state index in [0.29, 0.717) is 5.92 Å². The minimum Gasteiger partial charge on any atom is -0.493 e. The standard InChI is InChI=1S/C11H14N2O/c1-8(2)9-5-4-6-10-11(14-3)7-12-13(9)10/h4-8H,1-3H3. The molecule has 14 heavy (non-hydrogen) atoms. The highest BCUT2D eigenvalue weighted by molar-refractivity contribution is 5.59. The van der Waals surface area contributed by atoms with Crippen molar-refractivity contribution in [1.29, 1.82) is 0 Å². The largest absolute Gasteiger partial charge is 0.493 e. The van der Waals surface area contributed by atoms with E-state index in [-0.39, 0.29) is 0 Å². The molecule has 2 heterocycles. The molecule has 0 atom stereocenters. The number of methoxy groups -OCH3 is 1. The Hall–Kier alpha value is -1.51. The summed E-state index contributed by atoms with van der Waals surface area (Å²) in [5, 5.41) is 4.30. The minimum atomic E-state index is 0.461. The first-order valence-electron chi connectivity index (χ1n) is 4.74.